The van der Waals surface area contributed by atoms with E-state index in [1.165, 1.54) is 0 Å². The van der Waals surface area contributed by atoms with Crippen LogP contribution in [0.5, 0.6) is 5.75 Å². The monoisotopic (exact) mass is 239 g/mol. The summed E-state index contributed by atoms with van der Waals surface area (Å²) >= 11 is 0. The number of para-hydroxylation sites is 1. The van der Waals surface area contributed by atoms with E-state index in [1.807, 2.05) is 6.07 Å². The Labute approximate surface area is 102 Å². The first-order chi connectivity index (χ1) is 8.83. The SMILES string of the molecule is O=C(Oc1ccccc1)c1ncc2c[nH]cc2n1. The minimum Gasteiger partial charge on any atom is -0.421 e. The van der Waals surface area contributed by atoms with Gasteiger partial charge in [0.25, 0.3) is 0 Å². The summed E-state index contributed by atoms with van der Waals surface area (Å²) in [6.07, 6.45) is 5.05. The Bertz CT molecular complexity index is 692. The van der Waals surface area contributed by atoms with Crippen LogP contribution in [0.2, 0.25) is 0 Å². The molecule has 0 fully saturated rings. The van der Waals surface area contributed by atoms with Crippen molar-refractivity contribution in [3.05, 3.63) is 54.7 Å². The number of fused-ring (bicyclic) bond motifs is 1. The molecule has 0 aliphatic carbocycles. The Balaban J connectivity index is 1.87. The fourth-order valence-electron chi connectivity index (χ4n) is 1.58. The van der Waals surface area contributed by atoms with Gasteiger partial charge in [-0.25, -0.2) is 14.8 Å². The van der Waals surface area contributed by atoms with E-state index >= 15 is 0 Å². The van der Waals surface area contributed by atoms with Crippen molar-refractivity contribution < 1.29 is 9.53 Å². The number of nitrogens with one attached hydrogen (secondary N) is 1. The molecule has 0 bridgehead atoms. The predicted molar refractivity (Wildman–Crippen MR) is 65.3 cm³/mol. The first-order valence-corrected chi connectivity index (χ1v) is 5.40. The molecule has 0 radical (unpaired) electrons. The van der Waals surface area contributed by atoms with Crippen molar-refractivity contribution in [2.75, 3.05) is 0 Å². The Morgan fingerprint density at radius 2 is 2.00 bits per heavy atom. The summed E-state index contributed by atoms with van der Waals surface area (Å²) in [5.74, 6) is -0.0458. The number of hydrogen-bond acceptors (Lipinski definition) is 4. The van der Waals surface area contributed by atoms with Crippen molar-refractivity contribution in [3.8, 4) is 5.75 Å². The lowest BCUT2D eigenvalue weighted by molar-refractivity contribution is 0.0722. The lowest BCUT2D eigenvalue weighted by Crippen LogP contribution is -2.12. The molecule has 0 aliphatic rings. The number of aromatic amines is 1. The van der Waals surface area contributed by atoms with E-state index in [-0.39, 0.29) is 5.82 Å². The maximum atomic E-state index is 11.8. The van der Waals surface area contributed by atoms with Gasteiger partial charge in [-0.3, -0.25) is 0 Å². The van der Waals surface area contributed by atoms with Crippen LogP contribution < -0.4 is 4.74 Å². The molecule has 0 aliphatic heterocycles. The topological polar surface area (TPSA) is 67.9 Å². The van der Waals surface area contributed by atoms with Gasteiger partial charge in [-0.15, -0.1) is 0 Å². The highest BCUT2D eigenvalue weighted by Crippen LogP contribution is 2.12. The summed E-state index contributed by atoms with van der Waals surface area (Å²) in [6.45, 7) is 0. The van der Waals surface area contributed by atoms with Crippen LogP contribution >= 0.6 is 0 Å². The number of benzene rings is 1. The predicted octanol–water partition coefficient (Wildman–Crippen LogP) is 2.18. The standard InChI is InChI=1S/C13H9N3O2/c17-13(18-10-4-2-1-3-5-10)12-15-7-9-6-14-8-11(9)16-12/h1-8,14H. The van der Waals surface area contributed by atoms with Crippen molar-refractivity contribution in [1.29, 1.82) is 0 Å². The van der Waals surface area contributed by atoms with E-state index in [0.29, 0.717) is 11.3 Å². The van der Waals surface area contributed by atoms with E-state index in [0.717, 1.165) is 5.39 Å². The molecule has 0 unspecified atom stereocenters. The van der Waals surface area contributed by atoms with Gasteiger partial charge in [-0.05, 0) is 12.1 Å². The summed E-state index contributed by atoms with van der Waals surface area (Å²) in [6, 6.07) is 8.83. The molecular formula is C13H9N3O2. The lowest BCUT2D eigenvalue weighted by Gasteiger charge is -2.02. The molecule has 18 heavy (non-hydrogen) atoms. The molecule has 0 atom stereocenters. The molecule has 1 N–H and O–H groups in total. The number of aromatic nitrogens is 3. The molecule has 3 aromatic rings. The minimum absolute atomic E-state index is 0.0472. The third kappa shape index (κ3) is 1.93. The fraction of sp³-hybridized carbons (Fsp3) is 0. The Hall–Kier alpha value is -2.69. The average molecular weight is 239 g/mol. The fourth-order valence-corrected chi connectivity index (χ4v) is 1.58. The zero-order valence-corrected chi connectivity index (χ0v) is 9.33. The summed E-state index contributed by atoms with van der Waals surface area (Å²) in [5, 5.41) is 0.853. The second-order valence-corrected chi connectivity index (χ2v) is 3.69. The molecule has 5 nitrogen and oxygen atoms in total. The maximum Gasteiger partial charge on any atom is 0.381 e. The number of H-pyrrole nitrogens is 1. The van der Waals surface area contributed by atoms with Gasteiger partial charge in [0.1, 0.15) is 5.75 Å². The smallest absolute Gasteiger partial charge is 0.381 e. The van der Waals surface area contributed by atoms with Crippen LogP contribution in [0.15, 0.2) is 48.9 Å². The van der Waals surface area contributed by atoms with Crippen LogP contribution in [0.3, 0.4) is 0 Å². The number of ether oxygens (including phenoxy) is 1. The van der Waals surface area contributed by atoms with Crippen LogP contribution in [0, 0.1) is 0 Å². The van der Waals surface area contributed by atoms with E-state index in [4.69, 9.17) is 4.74 Å². The molecule has 0 amide bonds. The highest BCUT2D eigenvalue weighted by molar-refractivity contribution is 5.89. The van der Waals surface area contributed by atoms with Gasteiger partial charge in [-0.2, -0.15) is 0 Å². The molecule has 2 aromatic heterocycles. The van der Waals surface area contributed by atoms with Crippen LogP contribution in [-0.4, -0.2) is 20.9 Å². The van der Waals surface area contributed by atoms with Gasteiger partial charge in [0.15, 0.2) is 0 Å². The van der Waals surface area contributed by atoms with E-state index in [9.17, 15) is 4.79 Å². The van der Waals surface area contributed by atoms with Crippen molar-refractivity contribution in [2.45, 2.75) is 0 Å². The van der Waals surface area contributed by atoms with Crippen LogP contribution in [0.4, 0.5) is 0 Å². The Kier molecular flexibility index (Phi) is 2.49. The largest absolute Gasteiger partial charge is 0.421 e. The molecule has 0 spiro atoms. The lowest BCUT2D eigenvalue weighted by atomic mass is 10.3. The van der Waals surface area contributed by atoms with Gasteiger partial charge in [0.05, 0.1) is 5.52 Å². The molecule has 5 heteroatoms. The minimum atomic E-state index is -0.565. The zero-order valence-electron chi connectivity index (χ0n) is 9.33. The van der Waals surface area contributed by atoms with Crippen LogP contribution in [0.25, 0.3) is 10.9 Å². The zero-order chi connectivity index (χ0) is 12.4. The number of carbonyl (C=O) groups excluding carboxylic acids is 1. The molecule has 0 saturated carbocycles. The average Bonchev–Trinajstić information content (AvgIpc) is 2.87. The third-order valence-corrected chi connectivity index (χ3v) is 2.44. The second kappa shape index (κ2) is 4.29. The first kappa shape index (κ1) is 10.5. The Morgan fingerprint density at radius 3 is 2.83 bits per heavy atom. The molecule has 3 rings (SSSR count). The molecular weight excluding hydrogens is 230 g/mol. The number of esters is 1. The Morgan fingerprint density at radius 1 is 1.17 bits per heavy atom. The van der Waals surface area contributed by atoms with Gasteiger partial charge in [-0.1, -0.05) is 18.2 Å². The first-order valence-electron chi connectivity index (χ1n) is 5.40. The van der Waals surface area contributed by atoms with Crippen LogP contribution in [-0.2, 0) is 0 Å². The quantitative estimate of drug-likeness (QED) is 0.549. The van der Waals surface area contributed by atoms with Crippen LogP contribution in [0.1, 0.15) is 10.6 Å². The molecule has 2 heterocycles. The van der Waals surface area contributed by atoms with Gasteiger partial charge in [0.2, 0.25) is 5.82 Å². The van der Waals surface area contributed by atoms with Gasteiger partial charge in [0, 0.05) is 24.0 Å². The molecule has 88 valence electrons. The van der Waals surface area contributed by atoms with Gasteiger partial charge < -0.3 is 9.72 Å². The summed E-state index contributed by atoms with van der Waals surface area (Å²) in [7, 11) is 0. The number of carbonyl (C=O) groups is 1. The summed E-state index contributed by atoms with van der Waals surface area (Å²) in [5.41, 5.74) is 0.685. The maximum absolute atomic E-state index is 11.8. The normalized spacial score (nSPS) is 10.4. The number of rotatable bonds is 2. The summed E-state index contributed by atoms with van der Waals surface area (Å²) in [4.78, 5) is 22.8. The van der Waals surface area contributed by atoms with E-state index in [1.54, 1.807) is 42.9 Å². The van der Waals surface area contributed by atoms with E-state index in [2.05, 4.69) is 15.0 Å². The van der Waals surface area contributed by atoms with Crippen molar-refractivity contribution >= 4 is 16.9 Å². The second-order valence-electron chi connectivity index (χ2n) is 3.69. The highest BCUT2D eigenvalue weighted by atomic mass is 16.5. The highest BCUT2D eigenvalue weighted by Gasteiger charge is 2.12. The number of hydrogen-bond donors (Lipinski definition) is 1. The van der Waals surface area contributed by atoms with E-state index < -0.39 is 5.97 Å². The number of nitrogens with zero attached hydrogens (tertiary/aromatic N) is 2. The molecule has 1 aromatic carbocycles. The molecule has 0 saturated heterocycles. The van der Waals surface area contributed by atoms with Crippen molar-refractivity contribution in [3.63, 3.8) is 0 Å². The third-order valence-electron chi connectivity index (χ3n) is 2.44. The summed E-state index contributed by atoms with van der Waals surface area (Å²) < 4.78 is 5.15. The van der Waals surface area contributed by atoms with Crippen molar-refractivity contribution in [2.24, 2.45) is 0 Å². The van der Waals surface area contributed by atoms with Gasteiger partial charge >= 0.3 is 5.97 Å². The van der Waals surface area contributed by atoms with Crippen molar-refractivity contribution in [1.82, 2.24) is 15.0 Å².